The Bertz CT molecular complexity index is 638. The number of hydrogen-bond acceptors (Lipinski definition) is 6. The summed E-state index contributed by atoms with van der Waals surface area (Å²) in [6.07, 6.45) is -0.121. The molecule has 0 aliphatic carbocycles. The molecule has 0 amide bonds. The van der Waals surface area contributed by atoms with Crippen LogP contribution in [0, 0.1) is 0 Å². The van der Waals surface area contributed by atoms with Gasteiger partial charge in [0.05, 0.1) is 11.9 Å². The van der Waals surface area contributed by atoms with Gasteiger partial charge >= 0.3 is 5.97 Å². The van der Waals surface area contributed by atoms with Crippen molar-refractivity contribution in [3.8, 4) is 17.1 Å². The van der Waals surface area contributed by atoms with Gasteiger partial charge in [0.15, 0.2) is 11.0 Å². The first-order valence-electron chi connectivity index (χ1n) is 7.06. The number of esters is 1. The van der Waals surface area contributed by atoms with Crippen LogP contribution in [-0.4, -0.2) is 37.7 Å². The van der Waals surface area contributed by atoms with E-state index in [9.17, 15) is 9.90 Å². The molecule has 0 bridgehead atoms. The summed E-state index contributed by atoms with van der Waals surface area (Å²) >= 11 is 1.31. The van der Waals surface area contributed by atoms with E-state index < -0.39 is 0 Å². The molecule has 0 saturated heterocycles. The number of benzene rings is 1. The van der Waals surface area contributed by atoms with Crippen LogP contribution in [-0.2, 0) is 16.1 Å². The van der Waals surface area contributed by atoms with Gasteiger partial charge in [-0.2, -0.15) is 0 Å². The van der Waals surface area contributed by atoms with Crippen LogP contribution in [0.2, 0.25) is 0 Å². The minimum absolute atomic E-state index is 0.121. The molecule has 0 saturated carbocycles. The van der Waals surface area contributed by atoms with Crippen molar-refractivity contribution in [1.29, 1.82) is 0 Å². The van der Waals surface area contributed by atoms with Crippen LogP contribution in [0.3, 0.4) is 0 Å². The highest BCUT2D eigenvalue weighted by atomic mass is 32.2. The minimum Gasteiger partial charge on any atom is -0.508 e. The maximum absolute atomic E-state index is 11.6. The molecule has 0 atom stereocenters. The number of phenolic OH excluding ortho intramolecular Hbond substituents is 1. The molecule has 0 spiro atoms. The quantitative estimate of drug-likeness (QED) is 0.651. The fourth-order valence-electron chi connectivity index (χ4n) is 1.92. The topological polar surface area (TPSA) is 77.2 Å². The summed E-state index contributed by atoms with van der Waals surface area (Å²) in [5.74, 6) is 0.850. The van der Waals surface area contributed by atoms with Gasteiger partial charge in [-0.1, -0.05) is 11.8 Å². The van der Waals surface area contributed by atoms with Gasteiger partial charge < -0.3 is 14.4 Å². The van der Waals surface area contributed by atoms with Crippen molar-refractivity contribution in [3.05, 3.63) is 24.3 Å². The summed E-state index contributed by atoms with van der Waals surface area (Å²) < 4.78 is 7.04. The van der Waals surface area contributed by atoms with Crippen LogP contribution < -0.4 is 0 Å². The average molecular weight is 321 g/mol. The number of phenols is 1. The van der Waals surface area contributed by atoms with Crippen molar-refractivity contribution in [2.45, 2.75) is 38.6 Å². The number of ether oxygens (including phenoxy) is 1. The van der Waals surface area contributed by atoms with Gasteiger partial charge in [0.2, 0.25) is 0 Å². The lowest BCUT2D eigenvalue weighted by Crippen LogP contribution is -2.13. The van der Waals surface area contributed by atoms with Gasteiger partial charge in [-0.15, -0.1) is 10.2 Å². The monoisotopic (exact) mass is 321 g/mol. The standard InChI is InChI=1S/C15H19N3O3S/c1-4-18-14(11-5-7-12(19)8-6-11)16-17-15(18)22-9-13(20)21-10(2)3/h5-8,10,19H,4,9H2,1-3H3. The zero-order chi connectivity index (χ0) is 16.1. The number of rotatable bonds is 6. The van der Waals surface area contributed by atoms with Gasteiger partial charge in [0, 0.05) is 12.1 Å². The lowest BCUT2D eigenvalue weighted by Gasteiger charge is -2.09. The lowest BCUT2D eigenvalue weighted by atomic mass is 10.2. The molecule has 0 radical (unpaired) electrons. The largest absolute Gasteiger partial charge is 0.508 e. The maximum Gasteiger partial charge on any atom is 0.316 e. The Labute approximate surface area is 133 Å². The highest BCUT2D eigenvalue weighted by Crippen LogP contribution is 2.25. The zero-order valence-electron chi connectivity index (χ0n) is 12.8. The second-order valence-corrected chi connectivity index (χ2v) is 5.87. The van der Waals surface area contributed by atoms with Crippen LogP contribution in [0.15, 0.2) is 29.4 Å². The van der Waals surface area contributed by atoms with Crippen LogP contribution in [0.5, 0.6) is 5.75 Å². The molecule has 1 aromatic carbocycles. The normalized spacial score (nSPS) is 10.9. The molecular weight excluding hydrogens is 302 g/mol. The van der Waals surface area contributed by atoms with Crippen molar-refractivity contribution in [3.63, 3.8) is 0 Å². The van der Waals surface area contributed by atoms with Crippen LogP contribution >= 0.6 is 11.8 Å². The number of carbonyl (C=O) groups is 1. The van der Waals surface area contributed by atoms with Crippen LogP contribution in [0.1, 0.15) is 20.8 Å². The van der Waals surface area contributed by atoms with E-state index in [1.54, 1.807) is 24.3 Å². The van der Waals surface area contributed by atoms with Crippen molar-refractivity contribution in [1.82, 2.24) is 14.8 Å². The Morgan fingerprint density at radius 2 is 2.00 bits per heavy atom. The van der Waals surface area contributed by atoms with Crippen molar-refractivity contribution in [2.24, 2.45) is 0 Å². The van der Waals surface area contributed by atoms with Gasteiger partial charge in [0.1, 0.15) is 5.75 Å². The van der Waals surface area contributed by atoms with Crippen LogP contribution in [0.25, 0.3) is 11.4 Å². The van der Waals surface area contributed by atoms with Crippen LogP contribution in [0.4, 0.5) is 0 Å². The van der Waals surface area contributed by atoms with E-state index in [2.05, 4.69) is 10.2 Å². The van der Waals surface area contributed by atoms with Gasteiger partial charge in [-0.3, -0.25) is 4.79 Å². The van der Waals surface area contributed by atoms with E-state index in [1.807, 2.05) is 25.3 Å². The van der Waals surface area contributed by atoms with E-state index in [0.29, 0.717) is 17.5 Å². The molecule has 22 heavy (non-hydrogen) atoms. The first-order valence-corrected chi connectivity index (χ1v) is 8.04. The second-order valence-electron chi connectivity index (χ2n) is 4.92. The summed E-state index contributed by atoms with van der Waals surface area (Å²) in [6, 6.07) is 6.79. The van der Waals surface area contributed by atoms with E-state index in [1.165, 1.54) is 11.8 Å². The number of hydrogen-bond donors (Lipinski definition) is 1. The minimum atomic E-state index is -0.267. The molecule has 6 nitrogen and oxygen atoms in total. The van der Waals surface area contributed by atoms with Gasteiger partial charge in [0.25, 0.3) is 0 Å². The van der Waals surface area contributed by atoms with E-state index in [-0.39, 0.29) is 23.6 Å². The molecule has 7 heteroatoms. The van der Waals surface area contributed by atoms with E-state index in [0.717, 1.165) is 5.56 Å². The summed E-state index contributed by atoms with van der Waals surface area (Å²) in [5, 5.41) is 18.4. The van der Waals surface area contributed by atoms with E-state index >= 15 is 0 Å². The third kappa shape index (κ3) is 4.00. The number of thioether (sulfide) groups is 1. The lowest BCUT2D eigenvalue weighted by molar-refractivity contribution is -0.144. The fraction of sp³-hybridized carbons (Fsp3) is 0.400. The highest BCUT2D eigenvalue weighted by molar-refractivity contribution is 7.99. The molecule has 1 N–H and O–H groups in total. The molecule has 118 valence electrons. The number of carbonyl (C=O) groups excluding carboxylic acids is 1. The third-order valence-corrected chi connectivity index (χ3v) is 3.79. The predicted octanol–water partition coefficient (Wildman–Crippen LogP) is 2.71. The van der Waals surface area contributed by atoms with E-state index in [4.69, 9.17) is 4.74 Å². The smallest absolute Gasteiger partial charge is 0.316 e. The summed E-state index contributed by atoms with van der Waals surface area (Å²) in [7, 11) is 0. The Hall–Kier alpha value is -2.02. The fourth-order valence-corrected chi connectivity index (χ4v) is 2.71. The number of nitrogens with zero attached hydrogens (tertiary/aromatic N) is 3. The summed E-state index contributed by atoms with van der Waals surface area (Å²) in [5.41, 5.74) is 0.865. The summed E-state index contributed by atoms with van der Waals surface area (Å²) in [4.78, 5) is 11.6. The average Bonchev–Trinajstić information content (AvgIpc) is 2.88. The van der Waals surface area contributed by atoms with Crippen molar-refractivity contribution < 1.29 is 14.6 Å². The van der Waals surface area contributed by atoms with Gasteiger partial charge in [-0.25, -0.2) is 0 Å². The Balaban J connectivity index is 2.14. The molecule has 2 aromatic rings. The van der Waals surface area contributed by atoms with Crippen molar-refractivity contribution in [2.75, 3.05) is 5.75 Å². The molecule has 0 fully saturated rings. The molecule has 1 aromatic heterocycles. The maximum atomic E-state index is 11.6. The Morgan fingerprint density at radius 3 is 2.59 bits per heavy atom. The number of aromatic nitrogens is 3. The number of aromatic hydroxyl groups is 1. The molecule has 1 heterocycles. The molecular formula is C15H19N3O3S. The SMILES string of the molecule is CCn1c(SCC(=O)OC(C)C)nnc1-c1ccc(O)cc1. The zero-order valence-corrected chi connectivity index (χ0v) is 13.6. The predicted molar refractivity (Wildman–Crippen MR) is 84.7 cm³/mol. The molecule has 0 aliphatic rings. The third-order valence-electron chi connectivity index (χ3n) is 2.84. The second kappa shape index (κ2) is 7.31. The first kappa shape index (κ1) is 16.4. The van der Waals surface area contributed by atoms with Crippen molar-refractivity contribution >= 4 is 17.7 Å². The summed E-state index contributed by atoms with van der Waals surface area (Å²) in [6.45, 7) is 6.31. The molecule has 0 aliphatic heterocycles. The highest BCUT2D eigenvalue weighted by Gasteiger charge is 2.15. The molecule has 2 rings (SSSR count). The first-order chi connectivity index (χ1) is 10.5. The molecule has 0 unspecified atom stereocenters. The van der Waals surface area contributed by atoms with Gasteiger partial charge in [-0.05, 0) is 45.0 Å². The Kier molecular flexibility index (Phi) is 5.43. The Morgan fingerprint density at radius 1 is 1.32 bits per heavy atom.